The third-order valence-electron chi connectivity index (χ3n) is 2.04. The summed E-state index contributed by atoms with van der Waals surface area (Å²) < 4.78 is 10.0. The lowest BCUT2D eigenvalue weighted by atomic mass is 10.1. The van der Waals surface area contributed by atoms with Crippen LogP contribution >= 0.6 is 0 Å². The highest BCUT2D eigenvalue weighted by Gasteiger charge is 1.96. The Labute approximate surface area is 86.7 Å². The number of hydrogen-bond acceptors (Lipinski definition) is 3. The summed E-state index contributed by atoms with van der Waals surface area (Å²) in [6, 6.07) is 0. The van der Waals surface area contributed by atoms with E-state index >= 15 is 0 Å². The molecule has 0 saturated heterocycles. The molecule has 0 spiro atoms. The van der Waals surface area contributed by atoms with Crippen LogP contribution in [0.2, 0.25) is 0 Å². The zero-order valence-corrected chi connectivity index (χ0v) is 9.24. The summed E-state index contributed by atoms with van der Waals surface area (Å²) >= 11 is 0. The number of rotatable bonds is 9. The van der Waals surface area contributed by atoms with E-state index in [9.17, 15) is 0 Å². The fourth-order valence-electron chi connectivity index (χ4n) is 1.19. The van der Waals surface area contributed by atoms with E-state index in [0.717, 1.165) is 25.7 Å². The summed E-state index contributed by atoms with van der Waals surface area (Å²) in [4.78, 5) is 0. The number of aliphatic hydroxyl groups is 1. The molecule has 3 nitrogen and oxygen atoms in total. The fraction of sp³-hybridized carbons (Fsp3) is 0.818. The molecule has 0 bridgehead atoms. The maximum Gasteiger partial charge on any atom is 0.176 e. The van der Waals surface area contributed by atoms with Crippen molar-refractivity contribution in [3.8, 4) is 0 Å². The van der Waals surface area contributed by atoms with Crippen molar-refractivity contribution in [3.05, 3.63) is 12.2 Å². The molecule has 0 aromatic heterocycles. The van der Waals surface area contributed by atoms with E-state index in [1.807, 2.05) is 6.08 Å². The smallest absolute Gasteiger partial charge is 0.176 e. The normalized spacial score (nSPS) is 11.7. The molecule has 0 heterocycles. The predicted octanol–water partition coefficient (Wildman–Crippen LogP) is 2.10. The van der Waals surface area contributed by atoms with Crippen LogP contribution in [0.1, 0.15) is 32.1 Å². The largest absolute Gasteiger partial charge is 0.396 e. The molecule has 0 aliphatic heterocycles. The molecule has 0 aromatic carbocycles. The lowest BCUT2D eigenvalue weighted by molar-refractivity contribution is -0.0667. The Morgan fingerprint density at radius 3 is 2.29 bits per heavy atom. The van der Waals surface area contributed by atoms with Crippen LogP contribution in [-0.2, 0) is 9.47 Å². The second-order valence-electron chi connectivity index (χ2n) is 3.19. The van der Waals surface area contributed by atoms with Crippen molar-refractivity contribution < 1.29 is 14.6 Å². The molecular weight excluding hydrogens is 180 g/mol. The Kier molecular flexibility index (Phi) is 10.4. The molecule has 84 valence electrons. The summed E-state index contributed by atoms with van der Waals surface area (Å²) in [5, 5.41) is 8.56. The van der Waals surface area contributed by atoms with Crippen LogP contribution in [0, 0.1) is 0 Å². The Balaban J connectivity index is 3.25. The minimum Gasteiger partial charge on any atom is -0.396 e. The van der Waals surface area contributed by atoms with Gasteiger partial charge in [-0.15, -0.1) is 0 Å². The van der Waals surface area contributed by atoms with Gasteiger partial charge in [0.2, 0.25) is 0 Å². The highest BCUT2D eigenvalue weighted by molar-refractivity contribution is 4.84. The van der Waals surface area contributed by atoms with E-state index in [4.69, 9.17) is 14.6 Å². The van der Waals surface area contributed by atoms with Crippen LogP contribution in [0.4, 0.5) is 0 Å². The van der Waals surface area contributed by atoms with E-state index in [2.05, 4.69) is 6.08 Å². The van der Waals surface area contributed by atoms with E-state index in [1.165, 1.54) is 6.42 Å². The molecule has 1 N–H and O–H groups in total. The molecule has 0 fully saturated rings. The predicted molar refractivity (Wildman–Crippen MR) is 57.1 cm³/mol. The fourth-order valence-corrected chi connectivity index (χ4v) is 1.19. The van der Waals surface area contributed by atoms with Gasteiger partial charge in [0.05, 0.1) is 0 Å². The molecule has 0 amide bonds. The van der Waals surface area contributed by atoms with Gasteiger partial charge in [0.1, 0.15) is 0 Å². The maximum atomic E-state index is 8.56. The van der Waals surface area contributed by atoms with Crippen molar-refractivity contribution in [3.63, 3.8) is 0 Å². The molecule has 14 heavy (non-hydrogen) atoms. The molecule has 0 radical (unpaired) electrons. The minimum absolute atomic E-state index is 0.215. The monoisotopic (exact) mass is 202 g/mol. The molecule has 0 rings (SSSR count). The molecule has 0 aliphatic rings. The number of aliphatic hydroxyl groups excluding tert-OH is 1. The van der Waals surface area contributed by atoms with Gasteiger partial charge in [-0.25, -0.2) is 0 Å². The number of ether oxygens (including phenoxy) is 2. The lowest BCUT2D eigenvalue weighted by Gasteiger charge is -2.06. The summed E-state index contributed by atoms with van der Waals surface area (Å²) in [7, 11) is 3.25. The number of methoxy groups -OCH3 is 2. The number of unbranched alkanes of at least 4 members (excludes halogenated alkanes) is 4. The first-order chi connectivity index (χ1) is 6.85. The Bertz CT molecular complexity index is 130. The molecule has 0 aliphatic carbocycles. The van der Waals surface area contributed by atoms with Gasteiger partial charge in [0.25, 0.3) is 0 Å². The van der Waals surface area contributed by atoms with E-state index in [-0.39, 0.29) is 6.29 Å². The van der Waals surface area contributed by atoms with E-state index < -0.39 is 0 Å². The highest BCUT2D eigenvalue weighted by atomic mass is 16.7. The molecule has 0 atom stereocenters. The van der Waals surface area contributed by atoms with Crippen molar-refractivity contribution in [2.24, 2.45) is 0 Å². The third kappa shape index (κ3) is 8.23. The van der Waals surface area contributed by atoms with Gasteiger partial charge < -0.3 is 14.6 Å². The van der Waals surface area contributed by atoms with E-state index in [0.29, 0.717) is 6.61 Å². The van der Waals surface area contributed by atoms with Gasteiger partial charge in [0, 0.05) is 20.8 Å². The SMILES string of the molecule is COC(C=CCCCCCCO)OC. The zero-order chi connectivity index (χ0) is 10.6. The van der Waals surface area contributed by atoms with Crippen molar-refractivity contribution >= 4 is 0 Å². The van der Waals surface area contributed by atoms with Gasteiger partial charge in [0.15, 0.2) is 6.29 Å². The summed E-state index contributed by atoms with van der Waals surface area (Å²) in [5.41, 5.74) is 0. The van der Waals surface area contributed by atoms with Gasteiger partial charge in [-0.2, -0.15) is 0 Å². The van der Waals surface area contributed by atoms with Crippen LogP contribution in [0.25, 0.3) is 0 Å². The summed E-state index contributed by atoms with van der Waals surface area (Å²) in [5.74, 6) is 0. The Morgan fingerprint density at radius 1 is 1.07 bits per heavy atom. The topological polar surface area (TPSA) is 38.7 Å². The average molecular weight is 202 g/mol. The van der Waals surface area contributed by atoms with Crippen LogP contribution in [0.15, 0.2) is 12.2 Å². The zero-order valence-electron chi connectivity index (χ0n) is 9.24. The van der Waals surface area contributed by atoms with Crippen LogP contribution in [-0.4, -0.2) is 32.2 Å². The van der Waals surface area contributed by atoms with Crippen LogP contribution < -0.4 is 0 Å². The first-order valence-corrected chi connectivity index (χ1v) is 5.18. The lowest BCUT2D eigenvalue weighted by Crippen LogP contribution is -2.08. The van der Waals surface area contributed by atoms with Crippen LogP contribution in [0.3, 0.4) is 0 Å². The summed E-state index contributed by atoms with van der Waals surface area (Å²) in [6.45, 7) is 0.311. The van der Waals surface area contributed by atoms with Crippen molar-refractivity contribution in [1.82, 2.24) is 0 Å². The maximum absolute atomic E-state index is 8.56. The molecule has 0 saturated carbocycles. The first-order valence-electron chi connectivity index (χ1n) is 5.18. The van der Waals surface area contributed by atoms with Gasteiger partial charge in [-0.1, -0.05) is 18.9 Å². The second-order valence-corrected chi connectivity index (χ2v) is 3.19. The quantitative estimate of drug-likeness (QED) is 0.353. The Hall–Kier alpha value is -0.380. The standard InChI is InChI=1S/C11H22O3/c1-13-11(14-2)9-7-5-3-4-6-8-10-12/h7,9,11-12H,3-6,8,10H2,1-2H3. The molecule has 0 aromatic rings. The van der Waals surface area contributed by atoms with Crippen molar-refractivity contribution in [2.75, 3.05) is 20.8 Å². The number of allylic oxidation sites excluding steroid dienone is 1. The highest BCUT2D eigenvalue weighted by Crippen LogP contribution is 2.04. The van der Waals surface area contributed by atoms with Gasteiger partial charge in [-0.3, -0.25) is 0 Å². The Morgan fingerprint density at radius 2 is 1.71 bits per heavy atom. The van der Waals surface area contributed by atoms with Gasteiger partial charge >= 0.3 is 0 Å². The minimum atomic E-state index is -0.215. The molecule has 0 unspecified atom stereocenters. The third-order valence-corrected chi connectivity index (χ3v) is 2.04. The summed E-state index contributed by atoms with van der Waals surface area (Å²) in [6.07, 6.45) is 9.21. The van der Waals surface area contributed by atoms with E-state index in [1.54, 1.807) is 14.2 Å². The molecular formula is C11H22O3. The van der Waals surface area contributed by atoms with Gasteiger partial charge in [-0.05, 0) is 25.3 Å². The second kappa shape index (κ2) is 10.7. The molecule has 3 heteroatoms. The number of hydrogen-bond donors (Lipinski definition) is 1. The average Bonchev–Trinajstić information content (AvgIpc) is 2.22. The van der Waals surface area contributed by atoms with Crippen molar-refractivity contribution in [1.29, 1.82) is 0 Å². The van der Waals surface area contributed by atoms with Crippen LogP contribution in [0.5, 0.6) is 0 Å². The first kappa shape index (κ1) is 13.6. The van der Waals surface area contributed by atoms with Crippen molar-refractivity contribution in [2.45, 2.75) is 38.4 Å².